The van der Waals surface area contributed by atoms with Gasteiger partial charge < -0.3 is 9.47 Å². The van der Waals surface area contributed by atoms with Gasteiger partial charge in [-0.25, -0.2) is 4.98 Å². The normalized spacial score (nSPS) is 14.4. The zero-order chi connectivity index (χ0) is 25.8. The van der Waals surface area contributed by atoms with Crippen LogP contribution in [0.5, 0.6) is 11.5 Å². The van der Waals surface area contributed by atoms with E-state index in [-0.39, 0.29) is 11.5 Å². The minimum atomic E-state index is -0.159. The van der Waals surface area contributed by atoms with Crippen LogP contribution in [0.2, 0.25) is 0 Å². The van der Waals surface area contributed by atoms with E-state index in [2.05, 4.69) is 40.1 Å². The fraction of sp³-hybridized carbons (Fsp3) is 0.300. The molecule has 1 fully saturated rings. The van der Waals surface area contributed by atoms with E-state index in [0.717, 1.165) is 47.1 Å². The molecule has 0 aliphatic heterocycles. The monoisotopic (exact) mass is 559 g/mol. The molecule has 0 atom stereocenters. The molecule has 1 aliphatic carbocycles. The molecule has 3 aromatic carbocycles. The minimum Gasteiger partial charge on any atom is -0.493 e. The van der Waals surface area contributed by atoms with Gasteiger partial charge in [0.05, 0.1) is 24.2 Å². The molecule has 1 heterocycles. The summed E-state index contributed by atoms with van der Waals surface area (Å²) >= 11 is 3.48. The summed E-state index contributed by atoms with van der Waals surface area (Å²) in [6.07, 6.45) is 7.23. The third kappa shape index (κ3) is 5.77. The van der Waals surface area contributed by atoms with Crippen LogP contribution in [0, 0.1) is 6.92 Å². The number of ether oxygens (including phenoxy) is 2. The number of methoxy groups -OCH3 is 1. The predicted octanol–water partition coefficient (Wildman–Crippen LogP) is 6.98. The van der Waals surface area contributed by atoms with E-state index >= 15 is 0 Å². The van der Waals surface area contributed by atoms with E-state index in [1.165, 1.54) is 16.7 Å². The van der Waals surface area contributed by atoms with Crippen molar-refractivity contribution in [1.82, 2.24) is 9.66 Å². The quantitative estimate of drug-likeness (QED) is 0.229. The number of nitrogens with zero attached hydrogens (tertiary/aromatic N) is 3. The second-order valence-electron chi connectivity index (χ2n) is 9.52. The van der Waals surface area contributed by atoms with Gasteiger partial charge in [-0.15, -0.1) is 0 Å². The van der Waals surface area contributed by atoms with Crippen molar-refractivity contribution < 1.29 is 9.47 Å². The van der Waals surface area contributed by atoms with Gasteiger partial charge in [-0.3, -0.25) is 4.79 Å². The highest BCUT2D eigenvalue weighted by Crippen LogP contribution is 2.32. The Labute approximate surface area is 225 Å². The molecule has 0 bridgehead atoms. The minimum absolute atomic E-state index is 0.159. The molecule has 1 aliphatic rings. The zero-order valence-corrected chi connectivity index (χ0v) is 22.7. The summed E-state index contributed by atoms with van der Waals surface area (Å²) in [4.78, 5) is 18.4. The molecular formula is C30H30BrN3O3. The maximum atomic E-state index is 13.5. The van der Waals surface area contributed by atoms with Crippen LogP contribution in [0.25, 0.3) is 10.9 Å². The number of aryl methyl sites for hydroxylation is 1. The Morgan fingerprint density at radius 3 is 2.68 bits per heavy atom. The maximum Gasteiger partial charge on any atom is 0.282 e. The summed E-state index contributed by atoms with van der Waals surface area (Å²) in [6.45, 7) is 2.51. The van der Waals surface area contributed by atoms with Gasteiger partial charge in [-0.05, 0) is 67.3 Å². The number of fused-ring (bicyclic) bond motifs is 1. The number of aromatic nitrogens is 2. The Balaban J connectivity index is 1.46. The molecular weight excluding hydrogens is 530 g/mol. The Morgan fingerprint density at radius 2 is 1.89 bits per heavy atom. The van der Waals surface area contributed by atoms with Gasteiger partial charge in [0.25, 0.3) is 5.56 Å². The first-order valence-electron chi connectivity index (χ1n) is 12.6. The topological polar surface area (TPSA) is 65.7 Å². The van der Waals surface area contributed by atoms with E-state index in [1.54, 1.807) is 13.3 Å². The van der Waals surface area contributed by atoms with Crippen LogP contribution in [0.15, 0.2) is 75.0 Å². The molecule has 37 heavy (non-hydrogen) atoms. The van der Waals surface area contributed by atoms with Crippen molar-refractivity contribution in [2.75, 3.05) is 7.11 Å². The second-order valence-corrected chi connectivity index (χ2v) is 10.4. The van der Waals surface area contributed by atoms with Crippen LogP contribution in [0.4, 0.5) is 0 Å². The zero-order valence-electron chi connectivity index (χ0n) is 21.1. The number of hydrogen-bond acceptors (Lipinski definition) is 5. The van der Waals surface area contributed by atoms with Crippen molar-refractivity contribution in [3.8, 4) is 11.5 Å². The molecule has 0 saturated heterocycles. The molecule has 7 heteroatoms. The van der Waals surface area contributed by atoms with Crippen LogP contribution in [0.3, 0.4) is 0 Å². The molecule has 4 aromatic rings. The fourth-order valence-corrected chi connectivity index (χ4v) is 5.23. The van der Waals surface area contributed by atoms with Gasteiger partial charge in [-0.1, -0.05) is 65.0 Å². The maximum absolute atomic E-state index is 13.5. The average molecular weight is 560 g/mol. The first kappa shape index (κ1) is 25.2. The predicted molar refractivity (Wildman–Crippen MR) is 151 cm³/mol. The van der Waals surface area contributed by atoms with Crippen LogP contribution in [0.1, 0.15) is 60.5 Å². The SMILES string of the molecule is COc1cc(C=Nn2c(C3CCCCC3)nc3ccc(Br)cc3c2=O)ccc1OCc1cccc(C)c1. The Morgan fingerprint density at radius 1 is 1.05 bits per heavy atom. The van der Waals surface area contributed by atoms with Gasteiger partial charge in [0.2, 0.25) is 0 Å². The summed E-state index contributed by atoms with van der Waals surface area (Å²) in [7, 11) is 1.62. The van der Waals surface area contributed by atoms with Gasteiger partial charge in [-0.2, -0.15) is 9.78 Å². The average Bonchev–Trinajstić information content (AvgIpc) is 2.92. The van der Waals surface area contributed by atoms with Crippen molar-refractivity contribution in [1.29, 1.82) is 0 Å². The summed E-state index contributed by atoms with van der Waals surface area (Å²) in [5.41, 5.74) is 3.64. The fourth-order valence-electron chi connectivity index (χ4n) is 4.87. The molecule has 6 nitrogen and oxygen atoms in total. The lowest BCUT2D eigenvalue weighted by Gasteiger charge is -2.22. The Bertz CT molecular complexity index is 1510. The first-order chi connectivity index (χ1) is 18.0. The van der Waals surface area contributed by atoms with Crippen LogP contribution in [-0.2, 0) is 6.61 Å². The summed E-state index contributed by atoms with van der Waals surface area (Å²) in [5, 5.41) is 5.19. The highest BCUT2D eigenvalue weighted by molar-refractivity contribution is 9.10. The summed E-state index contributed by atoms with van der Waals surface area (Å²) in [5.74, 6) is 2.22. The number of halogens is 1. The first-order valence-corrected chi connectivity index (χ1v) is 13.4. The highest BCUT2D eigenvalue weighted by atomic mass is 79.9. The molecule has 1 saturated carbocycles. The molecule has 0 N–H and O–H groups in total. The third-order valence-corrected chi connectivity index (χ3v) is 7.28. The molecule has 0 spiro atoms. The van der Waals surface area contributed by atoms with Crippen LogP contribution in [-0.4, -0.2) is 23.0 Å². The Hall–Kier alpha value is -3.45. The van der Waals surface area contributed by atoms with E-state index < -0.39 is 0 Å². The van der Waals surface area contributed by atoms with Gasteiger partial charge >= 0.3 is 0 Å². The molecule has 5 rings (SSSR count). The lowest BCUT2D eigenvalue weighted by molar-refractivity contribution is 0.284. The number of rotatable bonds is 7. The lowest BCUT2D eigenvalue weighted by Crippen LogP contribution is -2.25. The highest BCUT2D eigenvalue weighted by Gasteiger charge is 2.22. The van der Waals surface area contributed by atoms with E-state index in [0.29, 0.717) is 29.0 Å². The van der Waals surface area contributed by atoms with E-state index in [4.69, 9.17) is 14.5 Å². The van der Waals surface area contributed by atoms with Crippen molar-refractivity contribution in [3.63, 3.8) is 0 Å². The Kier molecular flexibility index (Phi) is 7.70. The number of hydrogen-bond donors (Lipinski definition) is 0. The number of benzene rings is 3. The smallest absolute Gasteiger partial charge is 0.282 e. The van der Waals surface area contributed by atoms with Crippen molar-refractivity contribution >= 4 is 33.0 Å². The molecule has 0 radical (unpaired) electrons. The molecule has 1 aromatic heterocycles. The third-order valence-electron chi connectivity index (χ3n) is 6.79. The van der Waals surface area contributed by atoms with Crippen LogP contribution >= 0.6 is 15.9 Å². The largest absolute Gasteiger partial charge is 0.493 e. The van der Waals surface area contributed by atoms with Crippen molar-refractivity contribution in [3.05, 3.63) is 98.0 Å². The van der Waals surface area contributed by atoms with Crippen molar-refractivity contribution in [2.24, 2.45) is 5.10 Å². The molecule has 190 valence electrons. The molecule has 0 unspecified atom stereocenters. The lowest BCUT2D eigenvalue weighted by atomic mass is 9.88. The van der Waals surface area contributed by atoms with Gasteiger partial charge in [0.15, 0.2) is 11.5 Å². The summed E-state index contributed by atoms with van der Waals surface area (Å²) in [6, 6.07) is 19.5. The standard InChI is InChI=1S/C30H30BrN3O3/c1-20-7-6-8-22(15-20)19-37-27-14-11-21(16-28(27)36-2)18-32-34-29(23-9-4-3-5-10-23)33-26-13-12-24(31)17-25(26)30(34)35/h6-8,11-18,23H,3-5,9-10,19H2,1-2H3. The van der Waals surface area contributed by atoms with E-state index in [9.17, 15) is 4.79 Å². The summed E-state index contributed by atoms with van der Waals surface area (Å²) < 4.78 is 13.9. The van der Waals surface area contributed by atoms with Crippen molar-refractivity contribution in [2.45, 2.75) is 51.6 Å². The molecule has 0 amide bonds. The van der Waals surface area contributed by atoms with Gasteiger partial charge in [0, 0.05) is 10.4 Å². The van der Waals surface area contributed by atoms with E-state index in [1.807, 2.05) is 48.5 Å². The van der Waals surface area contributed by atoms with Gasteiger partial charge in [0.1, 0.15) is 12.4 Å². The van der Waals surface area contributed by atoms with Crippen LogP contribution < -0.4 is 15.0 Å². The second kappa shape index (κ2) is 11.3.